The molecule has 5 heteroatoms. The Kier molecular flexibility index (Phi) is 2.90. The largest absolute Gasteiger partial charge is 0.323 e. The van der Waals surface area contributed by atoms with Gasteiger partial charge in [-0.25, -0.2) is 9.97 Å². The first-order chi connectivity index (χ1) is 6.75. The predicted molar refractivity (Wildman–Crippen MR) is 59.6 cm³/mol. The van der Waals surface area contributed by atoms with Crippen molar-refractivity contribution in [1.29, 1.82) is 0 Å². The maximum Gasteiger partial charge on any atom is 0.0944 e. The van der Waals surface area contributed by atoms with Gasteiger partial charge in [-0.15, -0.1) is 22.7 Å². The number of rotatable bonds is 3. The minimum Gasteiger partial charge on any atom is -0.323 e. The van der Waals surface area contributed by atoms with E-state index in [0.29, 0.717) is 0 Å². The molecule has 0 bridgehead atoms. The predicted octanol–water partition coefficient (Wildman–Crippen LogP) is 2.15. The van der Waals surface area contributed by atoms with Gasteiger partial charge in [0, 0.05) is 35.1 Å². The summed E-state index contributed by atoms with van der Waals surface area (Å²) < 4.78 is 0. The van der Waals surface area contributed by atoms with Crippen LogP contribution >= 0.6 is 22.7 Å². The van der Waals surface area contributed by atoms with Crippen LogP contribution in [0.2, 0.25) is 0 Å². The molecule has 2 aromatic heterocycles. The summed E-state index contributed by atoms with van der Waals surface area (Å²) in [5, 5.41) is 4.12. The lowest BCUT2D eigenvalue weighted by molar-refractivity contribution is 0.730. The molecule has 0 spiro atoms. The number of aromatic nitrogens is 2. The van der Waals surface area contributed by atoms with Crippen LogP contribution in [0, 0.1) is 6.92 Å². The van der Waals surface area contributed by atoms with Crippen molar-refractivity contribution < 1.29 is 0 Å². The summed E-state index contributed by atoms with van der Waals surface area (Å²) in [5.74, 6) is 0. The first kappa shape index (κ1) is 9.76. The summed E-state index contributed by atoms with van der Waals surface area (Å²) in [6.45, 7) is 1.99. The van der Waals surface area contributed by atoms with E-state index in [2.05, 4.69) is 9.97 Å². The van der Waals surface area contributed by atoms with Crippen molar-refractivity contribution in [3.05, 3.63) is 32.7 Å². The highest BCUT2D eigenvalue weighted by Crippen LogP contribution is 2.22. The molecule has 0 saturated carbocycles. The fourth-order valence-corrected chi connectivity index (χ4v) is 2.65. The van der Waals surface area contributed by atoms with Crippen LogP contribution in [0.15, 0.2) is 17.8 Å². The van der Waals surface area contributed by atoms with E-state index in [1.54, 1.807) is 22.7 Å². The molecule has 0 radical (unpaired) electrons. The fraction of sp³-hybridized carbons (Fsp3) is 0.333. The maximum atomic E-state index is 6.04. The highest BCUT2D eigenvalue weighted by atomic mass is 32.1. The molecule has 2 heterocycles. The Hall–Kier alpha value is -0.780. The minimum absolute atomic E-state index is 0.0346. The van der Waals surface area contributed by atoms with Gasteiger partial charge in [-0.1, -0.05) is 0 Å². The number of hydrogen-bond acceptors (Lipinski definition) is 5. The Labute approximate surface area is 90.6 Å². The Morgan fingerprint density at radius 1 is 1.50 bits per heavy atom. The normalized spacial score (nSPS) is 13.0. The van der Waals surface area contributed by atoms with Crippen molar-refractivity contribution in [2.45, 2.75) is 19.4 Å². The van der Waals surface area contributed by atoms with Crippen LogP contribution in [0.3, 0.4) is 0 Å². The first-order valence-electron chi connectivity index (χ1n) is 4.32. The van der Waals surface area contributed by atoms with Crippen LogP contribution < -0.4 is 5.73 Å². The molecule has 0 aliphatic carbocycles. The standard InChI is InChI=1S/C9H11N3S2/c1-6-12-5-8(14-6)7(10)4-9-11-2-3-13-9/h2-3,5,7H,4,10H2,1H3. The molecule has 0 amide bonds. The molecule has 1 unspecified atom stereocenters. The van der Waals surface area contributed by atoms with Crippen molar-refractivity contribution in [2.75, 3.05) is 0 Å². The van der Waals surface area contributed by atoms with E-state index in [0.717, 1.165) is 21.3 Å². The second kappa shape index (κ2) is 4.16. The minimum atomic E-state index is 0.0346. The van der Waals surface area contributed by atoms with Gasteiger partial charge >= 0.3 is 0 Å². The van der Waals surface area contributed by atoms with E-state index in [1.807, 2.05) is 24.7 Å². The fourth-order valence-electron chi connectivity index (χ4n) is 1.19. The molecule has 1 atom stereocenters. The van der Waals surface area contributed by atoms with Crippen molar-refractivity contribution in [3.8, 4) is 0 Å². The molecule has 2 N–H and O–H groups in total. The van der Waals surface area contributed by atoms with Gasteiger partial charge in [-0.05, 0) is 6.92 Å². The molecule has 2 aromatic rings. The number of aryl methyl sites for hydroxylation is 1. The van der Waals surface area contributed by atoms with E-state index < -0.39 is 0 Å². The lowest BCUT2D eigenvalue weighted by Crippen LogP contribution is -2.11. The van der Waals surface area contributed by atoms with Crippen molar-refractivity contribution >= 4 is 22.7 Å². The third kappa shape index (κ3) is 2.17. The molecular weight excluding hydrogens is 214 g/mol. The molecule has 2 rings (SSSR count). The van der Waals surface area contributed by atoms with Gasteiger partial charge in [0.05, 0.1) is 10.0 Å². The third-order valence-corrected chi connectivity index (χ3v) is 3.73. The van der Waals surface area contributed by atoms with Crippen LogP contribution in [0.5, 0.6) is 0 Å². The van der Waals surface area contributed by atoms with Crippen LogP contribution in [0.4, 0.5) is 0 Å². The zero-order valence-corrected chi connectivity index (χ0v) is 9.44. The summed E-state index contributed by atoms with van der Waals surface area (Å²) >= 11 is 3.30. The quantitative estimate of drug-likeness (QED) is 0.870. The highest BCUT2D eigenvalue weighted by molar-refractivity contribution is 7.11. The first-order valence-corrected chi connectivity index (χ1v) is 6.01. The molecule has 14 heavy (non-hydrogen) atoms. The average molecular weight is 225 g/mol. The second-order valence-corrected chi connectivity index (χ2v) is 5.26. The Morgan fingerprint density at radius 2 is 2.36 bits per heavy atom. The highest BCUT2D eigenvalue weighted by Gasteiger charge is 2.11. The van der Waals surface area contributed by atoms with Gasteiger partial charge in [-0.2, -0.15) is 0 Å². The molecule has 0 aromatic carbocycles. The van der Waals surface area contributed by atoms with Crippen LogP contribution in [-0.4, -0.2) is 9.97 Å². The molecular formula is C9H11N3S2. The second-order valence-electron chi connectivity index (χ2n) is 3.02. The smallest absolute Gasteiger partial charge is 0.0944 e. The molecule has 0 aliphatic rings. The summed E-state index contributed by atoms with van der Waals surface area (Å²) in [7, 11) is 0. The topological polar surface area (TPSA) is 51.8 Å². The maximum absolute atomic E-state index is 6.04. The molecule has 3 nitrogen and oxygen atoms in total. The molecule has 0 aliphatic heterocycles. The van der Waals surface area contributed by atoms with Gasteiger partial charge in [0.1, 0.15) is 0 Å². The summed E-state index contributed by atoms with van der Waals surface area (Å²) in [5.41, 5.74) is 6.04. The number of nitrogens with two attached hydrogens (primary N) is 1. The SMILES string of the molecule is Cc1ncc(C(N)Cc2nccs2)s1. The van der Waals surface area contributed by atoms with Crippen molar-refractivity contribution in [2.24, 2.45) is 5.73 Å². The lowest BCUT2D eigenvalue weighted by Gasteiger charge is -2.05. The van der Waals surface area contributed by atoms with Gasteiger partial charge in [0.15, 0.2) is 0 Å². The Morgan fingerprint density at radius 3 is 2.93 bits per heavy atom. The van der Waals surface area contributed by atoms with Gasteiger partial charge in [0.2, 0.25) is 0 Å². The Bertz CT molecular complexity index is 394. The van der Waals surface area contributed by atoms with Crippen LogP contribution in [-0.2, 0) is 6.42 Å². The van der Waals surface area contributed by atoms with Gasteiger partial charge < -0.3 is 5.73 Å². The van der Waals surface area contributed by atoms with E-state index in [-0.39, 0.29) is 6.04 Å². The molecule has 74 valence electrons. The number of hydrogen-bond donors (Lipinski definition) is 1. The molecule has 0 fully saturated rings. The van der Waals surface area contributed by atoms with E-state index in [9.17, 15) is 0 Å². The average Bonchev–Trinajstić information content (AvgIpc) is 2.75. The number of nitrogens with zero attached hydrogens (tertiary/aromatic N) is 2. The monoisotopic (exact) mass is 225 g/mol. The van der Waals surface area contributed by atoms with Crippen LogP contribution in [0.1, 0.15) is 20.9 Å². The summed E-state index contributed by atoms with van der Waals surface area (Å²) in [6, 6.07) is 0.0346. The van der Waals surface area contributed by atoms with E-state index in [1.165, 1.54) is 0 Å². The van der Waals surface area contributed by atoms with Crippen molar-refractivity contribution in [1.82, 2.24) is 9.97 Å². The van der Waals surface area contributed by atoms with E-state index >= 15 is 0 Å². The van der Waals surface area contributed by atoms with E-state index in [4.69, 9.17) is 5.73 Å². The lowest BCUT2D eigenvalue weighted by atomic mass is 10.2. The third-order valence-electron chi connectivity index (χ3n) is 1.88. The molecule has 0 saturated heterocycles. The zero-order chi connectivity index (χ0) is 9.97. The summed E-state index contributed by atoms with van der Waals surface area (Å²) in [6.07, 6.45) is 4.47. The number of thiazole rings is 2. The van der Waals surface area contributed by atoms with Gasteiger partial charge in [-0.3, -0.25) is 0 Å². The Balaban J connectivity index is 2.06. The van der Waals surface area contributed by atoms with Crippen LogP contribution in [0.25, 0.3) is 0 Å². The summed E-state index contributed by atoms with van der Waals surface area (Å²) in [4.78, 5) is 9.54. The van der Waals surface area contributed by atoms with Crippen molar-refractivity contribution in [3.63, 3.8) is 0 Å². The van der Waals surface area contributed by atoms with Gasteiger partial charge in [0.25, 0.3) is 0 Å². The zero-order valence-electron chi connectivity index (χ0n) is 7.80.